The lowest BCUT2D eigenvalue weighted by atomic mass is 10.1. The summed E-state index contributed by atoms with van der Waals surface area (Å²) in [6.07, 6.45) is -0.0306. The molecule has 0 amide bonds. The molecule has 1 rings (SSSR count). The van der Waals surface area contributed by atoms with Gasteiger partial charge in [0.1, 0.15) is 0 Å². The lowest BCUT2D eigenvalue weighted by Crippen LogP contribution is -2.34. The number of hydrogen-bond acceptors (Lipinski definition) is 5. The summed E-state index contributed by atoms with van der Waals surface area (Å²) >= 11 is 0. The average Bonchev–Trinajstić information content (AvgIpc) is 2.44. The summed E-state index contributed by atoms with van der Waals surface area (Å²) in [5, 5.41) is 0. The van der Waals surface area contributed by atoms with Crippen LogP contribution < -0.4 is 4.72 Å². The summed E-state index contributed by atoms with van der Waals surface area (Å²) in [6.45, 7) is 1.44. The topological polar surface area (TPSA) is 92.8 Å². The van der Waals surface area contributed by atoms with Crippen LogP contribution in [0.5, 0.6) is 0 Å². The zero-order valence-corrected chi connectivity index (χ0v) is 12.9. The first-order valence-electron chi connectivity index (χ1n) is 6.18. The van der Waals surface area contributed by atoms with Gasteiger partial charge < -0.3 is 4.74 Å². The van der Waals surface area contributed by atoms with Gasteiger partial charge >= 0.3 is 16.2 Å². The Labute approximate surface area is 124 Å². The minimum Gasteiger partial charge on any atom is -0.469 e. The monoisotopic (exact) mass is 314 g/mol. The maximum atomic E-state index is 12.0. The van der Waals surface area contributed by atoms with E-state index in [1.165, 1.54) is 45.3 Å². The van der Waals surface area contributed by atoms with Gasteiger partial charge in [0.25, 0.3) is 0 Å². The Morgan fingerprint density at radius 1 is 1.24 bits per heavy atom. The zero-order valence-electron chi connectivity index (χ0n) is 12.1. The van der Waals surface area contributed by atoms with E-state index in [2.05, 4.69) is 9.46 Å². The number of Topliss-reactive ketones (excluding diaryl/α,β-unsaturated/α-hetero) is 1. The Balaban J connectivity index is 2.70. The Morgan fingerprint density at radius 2 is 1.81 bits per heavy atom. The first kappa shape index (κ1) is 17.1. The van der Waals surface area contributed by atoms with Crippen LogP contribution in [0.15, 0.2) is 24.3 Å². The average molecular weight is 314 g/mol. The zero-order chi connectivity index (χ0) is 16.0. The highest BCUT2D eigenvalue weighted by atomic mass is 32.2. The lowest BCUT2D eigenvalue weighted by Gasteiger charge is -2.17. The van der Waals surface area contributed by atoms with Gasteiger partial charge in [0.15, 0.2) is 5.78 Å². The molecule has 0 spiro atoms. The molecule has 0 aliphatic rings. The fourth-order valence-corrected chi connectivity index (χ4v) is 2.39. The van der Waals surface area contributed by atoms with Crippen LogP contribution in [-0.2, 0) is 19.7 Å². The first-order valence-corrected chi connectivity index (χ1v) is 7.62. The van der Waals surface area contributed by atoms with E-state index in [1.54, 1.807) is 0 Å². The number of benzene rings is 1. The van der Waals surface area contributed by atoms with E-state index in [4.69, 9.17) is 0 Å². The summed E-state index contributed by atoms with van der Waals surface area (Å²) in [4.78, 5) is 22.1. The normalized spacial score (nSPS) is 11.2. The quantitative estimate of drug-likeness (QED) is 0.599. The van der Waals surface area contributed by atoms with Gasteiger partial charge in [-0.2, -0.15) is 12.7 Å². The SMILES string of the molecule is COC(=O)CCN(C)S(=O)(=O)Nc1ccc(C(C)=O)cc1. The van der Waals surface area contributed by atoms with Crippen molar-refractivity contribution in [3.05, 3.63) is 29.8 Å². The van der Waals surface area contributed by atoms with Crippen LogP contribution in [0.1, 0.15) is 23.7 Å². The molecule has 8 heteroatoms. The predicted octanol–water partition coefficient (Wildman–Crippen LogP) is 1.04. The molecule has 0 fully saturated rings. The number of ketones is 1. The van der Waals surface area contributed by atoms with Crippen molar-refractivity contribution in [3.63, 3.8) is 0 Å². The van der Waals surface area contributed by atoms with Gasteiger partial charge in [0, 0.05) is 24.8 Å². The maximum absolute atomic E-state index is 12.0. The minimum absolute atomic E-state index is 0.00748. The molecule has 0 saturated carbocycles. The van der Waals surface area contributed by atoms with E-state index in [9.17, 15) is 18.0 Å². The number of carbonyl (C=O) groups is 2. The van der Waals surface area contributed by atoms with Crippen molar-refractivity contribution >= 4 is 27.6 Å². The Kier molecular flexibility index (Phi) is 5.86. The highest BCUT2D eigenvalue weighted by molar-refractivity contribution is 7.90. The third-order valence-electron chi connectivity index (χ3n) is 2.81. The van der Waals surface area contributed by atoms with E-state index in [-0.39, 0.29) is 18.7 Å². The molecule has 1 aromatic rings. The van der Waals surface area contributed by atoms with E-state index in [0.717, 1.165) is 4.31 Å². The van der Waals surface area contributed by atoms with Crippen LogP contribution in [0.3, 0.4) is 0 Å². The van der Waals surface area contributed by atoms with Gasteiger partial charge in [-0.3, -0.25) is 14.3 Å². The Morgan fingerprint density at radius 3 is 2.29 bits per heavy atom. The molecule has 21 heavy (non-hydrogen) atoms. The third-order valence-corrected chi connectivity index (χ3v) is 4.30. The third kappa shape index (κ3) is 5.16. The molecule has 0 unspecified atom stereocenters. The second-order valence-corrected chi connectivity index (χ2v) is 6.17. The van der Waals surface area contributed by atoms with Gasteiger partial charge in [0.05, 0.1) is 13.5 Å². The van der Waals surface area contributed by atoms with E-state index < -0.39 is 16.2 Å². The highest BCUT2D eigenvalue weighted by Crippen LogP contribution is 2.13. The number of ether oxygens (including phenoxy) is 1. The van der Waals surface area contributed by atoms with Crippen molar-refractivity contribution in [2.45, 2.75) is 13.3 Å². The molecule has 0 aromatic heterocycles. The number of hydrogen-bond donors (Lipinski definition) is 1. The van der Waals surface area contributed by atoms with Crippen LogP contribution in [0.25, 0.3) is 0 Å². The summed E-state index contributed by atoms with van der Waals surface area (Å²) in [6, 6.07) is 6.08. The van der Waals surface area contributed by atoms with Gasteiger partial charge in [-0.15, -0.1) is 0 Å². The minimum atomic E-state index is -3.76. The largest absolute Gasteiger partial charge is 0.469 e. The van der Waals surface area contributed by atoms with Crippen LogP contribution in [-0.4, -0.2) is 45.2 Å². The fourth-order valence-electron chi connectivity index (χ4n) is 1.47. The summed E-state index contributed by atoms with van der Waals surface area (Å²) in [5.41, 5.74) is 0.835. The molecule has 1 aromatic carbocycles. The molecule has 7 nitrogen and oxygen atoms in total. The first-order chi connectivity index (χ1) is 9.76. The van der Waals surface area contributed by atoms with Gasteiger partial charge in [-0.25, -0.2) is 0 Å². The Bertz CT molecular complexity index is 610. The number of carbonyl (C=O) groups excluding carboxylic acids is 2. The van der Waals surface area contributed by atoms with Crippen molar-refractivity contribution < 1.29 is 22.7 Å². The van der Waals surface area contributed by atoms with Crippen molar-refractivity contribution in [2.75, 3.05) is 25.4 Å². The standard InChI is InChI=1S/C13H18N2O5S/c1-10(16)11-4-6-12(7-5-11)14-21(18,19)15(2)9-8-13(17)20-3/h4-7,14H,8-9H2,1-3H3. The molecule has 0 saturated heterocycles. The number of esters is 1. The van der Waals surface area contributed by atoms with Crippen LogP contribution >= 0.6 is 0 Å². The van der Waals surface area contributed by atoms with E-state index in [1.807, 2.05) is 0 Å². The predicted molar refractivity (Wildman–Crippen MR) is 78.3 cm³/mol. The van der Waals surface area contributed by atoms with Gasteiger partial charge in [-0.05, 0) is 31.2 Å². The van der Waals surface area contributed by atoms with Gasteiger partial charge in [-0.1, -0.05) is 0 Å². The van der Waals surface area contributed by atoms with Crippen LogP contribution in [0, 0.1) is 0 Å². The number of methoxy groups -OCH3 is 1. The lowest BCUT2D eigenvalue weighted by molar-refractivity contribution is -0.140. The maximum Gasteiger partial charge on any atom is 0.306 e. The van der Waals surface area contributed by atoms with Crippen molar-refractivity contribution in [3.8, 4) is 0 Å². The Hall–Kier alpha value is -1.93. The molecule has 116 valence electrons. The molecule has 0 atom stereocenters. The second kappa shape index (κ2) is 7.19. The van der Waals surface area contributed by atoms with Crippen molar-refractivity contribution in [1.82, 2.24) is 4.31 Å². The molecule has 0 aliphatic carbocycles. The van der Waals surface area contributed by atoms with Crippen molar-refractivity contribution in [1.29, 1.82) is 0 Å². The molecule has 0 aliphatic heterocycles. The number of anilines is 1. The van der Waals surface area contributed by atoms with E-state index in [0.29, 0.717) is 11.3 Å². The number of nitrogens with zero attached hydrogens (tertiary/aromatic N) is 1. The van der Waals surface area contributed by atoms with E-state index >= 15 is 0 Å². The molecular formula is C13H18N2O5S. The van der Waals surface area contributed by atoms with Crippen LogP contribution in [0.2, 0.25) is 0 Å². The summed E-state index contributed by atoms with van der Waals surface area (Å²) < 4.78 is 31.9. The molecule has 0 heterocycles. The highest BCUT2D eigenvalue weighted by Gasteiger charge is 2.18. The van der Waals surface area contributed by atoms with Crippen molar-refractivity contribution in [2.24, 2.45) is 0 Å². The van der Waals surface area contributed by atoms with Gasteiger partial charge in [0.2, 0.25) is 0 Å². The molecule has 0 bridgehead atoms. The molecular weight excluding hydrogens is 296 g/mol. The fraction of sp³-hybridized carbons (Fsp3) is 0.385. The summed E-state index contributed by atoms with van der Waals surface area (Å²) in [7, 11) is -1.16. The number of rotatable bonds is 7. The summed E-state index contributed by atoms with van der Waals surface area (Å²) in [5.74, 6) is -0.581. The molecule has 1 N–H and O–H groups in total. The van der Waals surface area contributed by atoms with Crippen LogP contribution in [0.4, 0.5) is 5.69 Å². The smallest absolute Gasteiger partial charge is 0.306 e. The molecule has 0 radical (unpaired) electrons. The second-order valence-electron chi connectivity index (χ2n) is 4.39. The number of nitrogens with one attached hydrogen (secondary N) is 1.